The van der Waals surface area contributed by atoms with Crippen molar-refractivity contribution >= 4 is 23.9 Å². The Hall–Kier alpha value is -3.43. The Balaban J connectivity index is 1.55. The molecule has 5 rings (SSSR count). The second-order valence-electron chi connectivity index (χ2n) is 14.5. The molecular weight excluding hydrogens is 572 g/mol. The number of hydrogen-bond donors (Lipinski definition) is 1. The van der Waals surface area contributed by atoms with Gasteiger partial charge in [-0.15, -0.1) is 0 Å². The molecule has 2 unspecified atom stereocenters. The number of methoxy groups -OCH3 is 1. The molecule has 0 aromatic carbocycles. The largest absolute Gasteiger partial charge is 0.497 e. The van der Waals surface area contributed by atoms with E-state index in [1.807, 2.05) is 34.6 Å². The maximum Gasteiger partial charge on any atom is 0.408 e. The van der Waals surface area contributed by atoms with E-state index in [-0.39, 0.29) is 36.2 Å². The van der Waals surface area contributed by atoms with Crippen LogP contribution >= 0.6 is 0 Å². The summed E-state index contributed by atoms with van der Waals surface area (Å²) in [5, 5.41) is 2.90. The van der Waals surface area contributed by atoms with Gasteiger partial charge in [0.15, 0.2) is 5.78 Å². The van der Waals surface area contributed by atoms with Gasteiger partial charge in [-0.3, -0.25) is 9.59 Å². The minimum Gasteiger partial charge on any atom is -0.497 e. The Morgan fingerprint density at radius 2 is 1.76 bits per heavy atom. The van der Waals surface area contributed by atoms with Crippen LogP contribution in [0.5, 0.6) is 5.88 Å². The zero-order chi connectivity index (χ0) is 32.6. The Labute approximate surface area is 267 Å². The molecule has 2 saturated carbocycles. The molecule has 3 heterocycles. The smallest absolute Gasteiger partial charge is 0.408 e. The molecule has 0 radical (unpaired) electrons. The standard InChI is InChI=1S/C35H50N4O6/c1-9-24(43-8)17-26-20(3)36-29-25-16-23(25)14-10-12-22-13-11-15-27(22)45-34(42)38-31(35(5,6)7)33(41)39-18-28(44-32(29)37-26)19(2)30(39)21(4)40/h9,17,19,22-23,25,27-28,30-31H,1,10-16,18H2,2-8H3,(H,38,42)/b24-17+/t19-,22-,23?,25?,27-,28+,30+,31-/m1/s1. The number of fused-ring (bicyclic) bond motifs is 6. The van der Waals surface area contributed by atoms with Crippen LogP contribution in [-0.2, 0) is 19.1 Å². The molecule has 10 nitrogen and oxygen atoms in total. The van der Waals surface area contributed by atoms with Crippen molar-refractivity contribution in [3.8, 4) is 5.88 Å². The first-order valence-corrected chi connectivity index (χ1v) is 16.5. The third-order valence-corrected chi connectivity index (χ3v) is 10.2. The lowest BCUT2D eigenvalue weighted by Gasteiger charge is -2.35. The van der Waals surface area contributed by atoms with Crippen LogP contribution in [0.1, 0.15) is 103 Å². The average Bonchev–Trinajstić information content (AvgIpc) is 3.48. The number of aryl methyl sites for hydroxylation is 1. The number of ether oxygens (including phenoxy) is 3. The molecule has 4 aliphatic rings. The van der Waals surface area contributed by atoms with E-state index in [9.17, 15) is 14.4 Å². The molecule has 2 aliphatic carbocycles. The summed E-state index contributed by atoms with van der Waals surface area (Å²) < 4.78 is 18.1. The van der Waals surface area contributed by atoms with Gasteiger partial charge in [0.05, 0.1) is 31.1 Å². The first-order valence-electron chi connectivity index (χ1n) is 16.5. The molecule has 1 N–H and O–H groups in total. The van der Waals surface area contributed by atoms with Crippen molar-refractivity contribution in [1.82, 2.24) is 20.2 Å². The number of nitrogens with zero attached hydrogens (tertiary/aromatic N) is 3. The van der Waals surface area contributed by atoms with E-state index in [2.05, 4.69) is 11.9 Å². The van der Waals surface area contributed by atoms with Crippen LogP contribution in [0.15, 0.2) is 18.4 Å². The predicted molar refractivity (Wildman–Crippen MR) is 170 cm³/mol. The summed E-state index contributed by atoms with van der Waals surface area (Å²) in [5.74, 6) is 1.26. The van der Waals surface area contributed by atoms with Crippen LogP contribution in [0.4, 0.5) is 4.79 Å². The molecule has 0 spiro atoms. The molecule has 1 aromatic rings. The first-order chi connectivity index (χ1) is 21.3. The van der Waals surface area contributed by atoms with Crippen molar-refractivity contribution in [1.29, 1.82) is 0 Å². The predicted octanol–water partition coefficient (Wildman–Crippen LogP) is 5.74. The van der Waals surface area contributed by atoms with Gasteiger partial charge in [-0.05, 0) is 75.7 Å². The van der Waals surface area contributed by atoms with Gasteiger partial charge in [0.25, 0.3) is 0 Å². The number of Topliss-reactive ketones (excluding diaryl/α,β-unsaturated/α-hetero) is 1. The molecule has 2 aliphatic heterocycles. The molecule has 1 aromatic heterocycles. The highest BCUT2D eigenvalue weighted by Crippen LogP contribution is 2.52. The van der Waals surface area contributed by atoms with Crippen molar-refractivity contribution in [2.24, 2.45) is 23.2 Å². The summed E-state index contributed by atoms with van der Waals surface area (Å²) >= 11 is 0. The van der Waals surface area contributed by atoms with Crippen molar-refractivity contribution in [3.05, 3.63) is 35.5 Å². The van der Waals surface area contributed by atoms with E-state index < -0.39 is 29.7 Å². The number of aromatic nitrogens is 2. The number of allylic oxidation sites excluding steroid dienone is 1. The second kappa shape index (κ2) is 13.1. The van der Waals surface area contributed by atoms with E-state index in [0.29, 0.717) is 29.2 Å². The molecule has 246 valence electrons. The van der Waals surface area contributed by atoms with E-state index in [0.717, 1.165) is 56.3 Å². The number of nitrogens with one attached hydrogen (secondary N) is 1. The lowest BCUT2D eigenvalue weighted by molar-refractivity contribution is -0.141. The highest BCUT2D eigenvalue weighted by molar-refractivity contribution is 5.92. The van der Waals surface area contributed by atoms with Gasteiger partial charge in [0.1, 0.15) is 29.7 Å². The lowest BCUT2D eigenvalue weighted by atomic mass is 9.85. The Morgan fingerprint density at radius 3 is 2.40 bits per heavy atom. The second-order valence-corrected chi connectivity index (χ2v) is 14.5. The fraction of sp³-hybridized carbons (Fsp3) is 0.686. The normalized spacial score (nSPS) is 32.5. The summed E-state index contributed by atoms with van der Waals surface area (Å²) in [7, 11) is 1.58. The number of hydrogen-bond acceptors (Lipinski definition) is 8. The first kappa shape index (κ1) is 32.9. The maximum absolute atomic E-state index is 14.3. The lowest BCUT2D eigenvalue weighted by Crippen LogP contribution is -2.57. The van der Waals surface area contributed by atoms with Crippen LogP contribution in [0.2, 0.25) is 0 Å². The van der Waals surface area contributed by atoms with E-state index in [4.69, 9.17) is 24.2 Å². The quantitative estimate of drug-likeness (QED) is 0.334. The zero-order valence-electron chi connectivity index (χ0n) is 27.9. The maximum atomic E-state index is 14.3. The van der Waals surface area contributed by atoms with E-state index in [1.54, 1.807) is 24.2 Å². The van der Waals surface area contributed by atoms with E-state index >= 15 is 0 Å². The molecule has 1 saturated heterocycles. The molecule has 10 heteroatoms. The summed E-state index contributed by atoms with van der Waals surface area (Å²) in [6, 6.07) is -1.59. The molecular formula is C35H50N4O6. The van der Waals surface area contributed by atoms with Gasteiger partial charge in [-0.1, -0.05) is 40.7 Å². The third kappa shape index (κ3) is 7.04. The fourth-order valence-electron chi connectivity index (χ4n) is 7.54. The monoisotopic (exact) mass is 622 g/mol. The van der Waals surface area contributed by atoms with Crippen LogP contribution in [0.25, 0.3) is 6.08 Å². The van der Waals surface area contributed by atoms with Crippen LogP contribution < -0.4 is 10.1 Å². The SMILES string of the molecule is C=C/C(=C\c1nc2c(nc1C)C1CC1CCC[C@@H]1CCC[C@H]1OC(=O)N[C@@H](C(C)(C)C)C(=O)N1C[C@H](O2)[C@@H](C)[C@H]1C(C)=O)OC. The summed E-state index contributed by atoms with van der Waals surface area (Å²) in [5.41, 5.74) is 1.60. The van der Waals surface area contributed by atoms with Crippen LogP contribution in [0.3, 0.4) is 0 Å². The number of carbonyl (C=O) groups excluding carboxylic acids is 3. The Morgan fingerprint density at radius 1 is 1.07 bits per heavy atom. The van der Waals surface area contributed by atoms with Gasteiger partial charge < -0.3 is 24.4 Å². The molecule has 8 atom stereocenters. The molecule has 3 fully saturated rings. The van der Waals surface area contributed by atoms with Gasteiger partial charge >= 0.3 is 6.09 Å². The van der Waals surface area contributed by atoms with Crippen LogP contribution in [0, 0.1) is 30.1 Å². The molecule has 45 heavy (non-hydrogen) atoms. The zero-order valence-corrected chi connectivity index (χ0v) is 27.9. The van der Waals surface area contributed by atoms with Crippen molar-refractivity contribution in [3.63, 3.8) is 0 Å². The van der Waals surface area contributed by atoms with Crippen LogP contribution in [-0.4, -0.2) is 70.6 Å². The van der Waals surface area contributed by atoms with Crippen molar-refractivity contribution < 1.29 is 28.6 Å². The van der Waals surface area contributed by atoms with Crippen molar-refractivity contribution in [2.75, 3.05) is 13.7 Å². The van der Waals surface area contributed by atoms with Gasteiger partial charge in [0, 0.05) is 17.9 Å². The highest BCUT2D eigenvalue weighted by atomic mass is 16.6. The van der Waals surface area contributed by atoms with Gasteiger partial charge in [-0.25, -0.2) is 14.8 Å². The molecule has 2 amide bonds. The number of amides is 2. The van der Waals surface area contributed by atoms with Crippen molar-refractivity contribution in [2.45, 2.75) is 117 Å². The molecule has 2 bridgehead atoms. The topological polar surface area (TPSA) is 120 Å². The number of alkyl carbamates (subject to hydrolysis) is 1. The summed E-state index contributed by atoms with van der Waals surface area (Å²) in [6.45, 7) is 15.1. The fourth-order valence-corrected chi connectivity index (χ4v) is 7.54. The summed E-state index contributed by atoms with van der Waals surface area (Å²) in [4.78, 5) is 52.1. The van der Waals surface area contributed by atoms with Gasteiger partial charge in [0.2, 0.25) is 11.8 Å². The highest BCUT2D eigenvalue weighted by Gasteiger charge is 2.50. The summed E-state index contributed by atoms with van der Waals surface area (Å²) in [6.07, 6.45) is 9.19. The van der Waals surface area contributed by atoms with Gasteiger partial charge in [-0.2, -0.15) is 0 Å². The minimum atomic E-state index is -0.887. The number of ketones is 1. The Bertz CT molecular complexity index is 1350. The number of carbonyl (C=O) groups is 3. The Kier molecular flexibility index (Phi) is 9.61. The third-order valence-electron chi connectivity index (χ3n) is 10.2. The minimum absolute atomic E-state index is 0.131. The average molecular weight is 623 g/mol. The van der Waals surface area contributed by atoms with E-state index in [1.165, 1.54) is 6.92 Å². The number of rotatable bonds is 4.